The maximum Gasteiger partial charge on any atom is 0.339 e. The first-order valence-corrected chi connectivity index (χ1v) is 8.16. The third-order valence-electron chi connectivity index (χ3n) is 3.98. The highest BCUT2D eigenvalue weighted by Crippen LogP contribution is 2.28. The van der Waals surface area contributed by atoms with Gasteiger partial charge in [-0.2, -0.15) is 5.26 Å². The minimum absolute atomic E-state index is 0.332. The highest BCUT2D eigenvalue weighted by Gasteiger charge is 2.16. The molecule has 134 valence electrons. The summed E-state index contributed by atoms with van der Waals surface area (Å²) in [6.07, 6.45) is 0. The molecule has 0 atom stereocenters. The van der Waals surface area contributed by atoms with E-state index in [0.29, 0.717) is 28.0 Å². The Bertz CT molecular complexity index is 1050. The number of rotatable bonds is 5. The Hall–Kier alpha value is -3.85. The molecular formula is C21H16N2O4. The Morgan fingerprint density at radius 2 is 1.70 bits per heavy atom. The second-order valence-electron chi connectivity index (χ2n) is 5.64. The van der Waals surface area contributed by atoms with Gasteiger partial charge in [-0.25, -0.2) is 4.79 Å². The fourth-order valence-electron chi connectivity index (χ4n) is 2.71. The first-order valence-electron chi connectivity index (χ1n) is 8.16. The summed E-state index contributed by atoms with van der Waals surface area (Å²) in [7, 11) is 1.56. The first kappa shape index (κ1) is 18.0. The van der Waals surface area contributed by atoms with Gasteiger partial charge < -0.3 is 14.8 Å². The zero-order chi connectivity index (χ0) is 19.2. The standard InChI is InChI=1S/C21H16N2O4/c1-26-19-11-10-17(15-7-3-4-8-16(15)19)21(25)27-13-20(24)23-18-9-5-2-6-14(18)12-22/h2-11H,13H2,1H3,(H,23,24). The number of benzene rings is 3. The molecule has 0 saturated carbocycles. The van der Waals surface area contributed by atoms with Crippen molar-refractivity contribution < 1.29 is 19.1 Å². The van der Waals surface area contributed by atoms with E-state index in [2.05, 4.69) is 5.32 Å². The van der Waals surface area contributed by atoms with E-state index < -0.39 is 18.5 Å². The van der Waals surface area contributed by atoms with Crippen LogP contribution < -0.4 is 10.1 Å². The zero-order valence-corrected chi connectivity index (χ0v) is 14.6. The summed E-state index contributed by atoms with van der Waals surface area (Å²) < 4.78 is 10.4. The smallest absolute Gasteiger partial charge is 0.339 e. The van der Waals surface area contributed by atoms with Gasteiger partial charge in [0, 0.05) is 5.39 Å². The number of amides is 1. The van der Waals surface area contributed by atoms with Crippen LogP contribution in [0.25, 0.3) is 10.8 Å². The van der Waals surface area contributed by atoms with Gasteiger partial charge in [0.05, 0.1) is 23.9 Å². The van der Waals surface area contributed by atoms with Crippen molar-refractivity contribution in [1.29, 1.82) is 5.26 Å². The molecule has 1 amide bonds. The van der Waals surface area contributed by atoms with Crippen LogP contribution in [-0.4, -0.2) is 25.6 Å². The Balaban J connectivity index is 1.72. The number of carbonyl (C=O) groups is 2. The third-order valence-corrected chi connectivity index (χ3v) is 3.98. The second-order valence-corrected chi connectivity index (χ2v) is 5.64. The van der Waals surface area contributed by atoms with Gasteiger partial charge >= 0.3 is 5.97 Å². The lowest BCUT2D eigenvalue weighted by Gasteiger charge is -2.11. The molecule has 3 aromatic rings. The van der Waals surface area contributed by atoms with Crippen LogP contribution in [0.1, 0.15) is 15.9 Å². The van der Waals surface area contributed by atoms with E-state index in [1.807, 2.05) is 24.3 Å². The van der Waals surface area contributed by atoms with E-state index in [0.717, 1.165) is 5.39 Å². The molecule has 0 aliphatic carbocycles. The number of methoxy groups -OCH3 is 1. The van der Waals surface area contributed by atoms with Gasteiger partial charge in [0.15, 0.2) is 6.61 Å². The SMILES string of the molecule is COc1ccc(C(=O)OCC(=O)Nc2ccccc2C#N)c2ccccc12. The van der Waals surface area contributed by atoms with Gasteiger partial charge in [-0.1, -0.05) is 36.4 Å². The van der Waals surface area contributed by atoms with Gasteiger partial charge in [0.1, 0.15) is 11.8 Å². The molecule has 0 aromatic heterocycles. The molecule has 3 aromatic carbocycles. The number of anilines is 1. The van der Waals surface area contributed by atoms with Gasteiger partial charge in [0.25, 0.3) is 5.91 Å². The van der Waals surface area contributed by atoms with Gasteiger partial charge in [-0.05, 0) is 29.7 Å². The maximum absolute atomic E-state index is 12.4. The van der Waals surface area contributed by atoms with E-state index in [-0.39, 0.29) is 0 Å². The predicted octanol–water partition coefficient (Wildman–Crippen LogP) is 3.52. The van der Waals surface area contributed by atoms with Crippen LogP contribution in [0, 0.1) is 11.3 Å². The van der Waals surface area contributed by atoms with Crippen molar-refractivity contribution in [2.24, 2.45) is 0 Å². The van der Waals surface area contributed by atoms with Crippen molar-refractivity contribution in [2.45, 2.75) is 0 Å². The summed E-state index contributed by atoms with van der Waals surface area (Å²) in [5, 5.41) is 13.1. The number of hydrogen-bond acceptors (Lipinski definition) is 5. The van der Waals surface area contributed by atoms with E-state index in [9.17, 15) is 9.59 Å². The Morgan fingerprint density at radius 1 is 1.00 bits per heavy atom. The number of nitriles is 1. The van der Waals surface area contributed by atoms with Crippen LogP contribution in [0.15, 0.2) is 60.7 Å². The van der Waals surface area contributed by atoms with Crippen molar-refractivity contribution in [2.75, 3.05) is 19.0 Å². The number of hydrogen-bond donors (Lipinski definition) is 1. The minimum atomic E-state index is -0.613. The topological polar surface area (TPSA) is 88.4 Å². The number of ether oxygens (including phenoxy) is 2. The summed E-state index contributed by atoms with van der Waals surface area (Å²) in [6, 6.07) is 19.2. The monoisotopic (exact) mass is 360 g/mol. The van der Waals surface area contributed by atoms with Crippen LogP contribution in [0.2, 0.25) is 0 Å². The number of nitrogens with zero attached hydrogens (tertiary/aromatic N) is 1. The molecule has 0 radical (unpaired) electrons. The average molecular weight is 360 g/mol. The lowest BCUT2D eigenvalue weighted by atomic mass is 10.0. The highest BCUT2D eigenvalue weighted by molar-refractivity contribution is 6.07. The first-order chi connectivity index (χ1) is 13.1. The summed E-state index contributed by atoms with van der Waals surface area (Å²) >= 11 is 0. The molecule has 3 rings (SSSR count). The molecule has 6 heteroatoms. The van der Waals surface area contributed by atoms with Gasteiger partial charge in [-0.3, -0.25) is 4.79 Å². The number of esters is 1. The number of nitrogens with one attached hydrogen (secondary N) is 1. The van der Waals surface area contributed by atoms with Crippen molar-refractivity contribution in [3.8, 4) is 11.8 Å². The van der Waals surface area contributed by atoms with Crippen LogP contribution in [-0.2, 0) is 9.53 Å². The van der Waals surface area contributed by atoms with E-state index in [4.69, 9.17) is 14.7 Å². The quantitative estimate of drug-likeness (QED) is 0.703. The van der Waals surface area contributed by atoms with Gasteiger partial charge in [0.2, 0.25) is 0 Å². The Kier molecular flexibility index (Phi) is 5.33. The second kappa shape index (κ2) is 8.02. The number of fused-ring (bicyclic) bond motifs is 1. The minimum Gasteiger partial charge on any atom is -0.496 e. The molecule has 0 bridgehead atoms. The lowest BCUT2D eigenvalue weighted by Crippen LogP contribution is -2.21. The summed E-state index contributed by atoms with van der Waals surface area (Å²) in [4.78, 5) is 24.5. The van der Waals surface area contributed by atoms with Crippen molar-refractivity contribution >= 4 is 28.3 Å². The van der Waals surface area contributed by atoms with Crippen molar-refractivity contribution in [3.05, 3.63) is 71.8 Å². The molecule has 0 aliphatic heterocycles. The van der Waals surface area contributed by atoms with Crippen LogP contribution in [0.4, 0.5) is 5.69 Å². The van der Waals surface area contributed by atoms with E-state index in [1.54, 1.807) is 49.6 Å². The molecule has 0 unspecified atom stereocenters. The molecule has 27 heavy (non-hydrogen) atoms. The van der Waals surface area contributed by atoms with Crippen molar-refractivity contribution in [1.82, 2.24) is 0 Å². The fourth-order valence-corrected chi connectivity index (χ4v) is 2.71. The number of para-hydroxylation sites is 1. The molecular weight excluding hydrogens is 344 g/mol. The molecule has 0 fully saturated rings. The predicted molar refractivity (Wildman–Crippen MR) is 101 cm³/mol. The van der Waals surface area contributed by atoms with E-state index >= 15 is 0 Å². The van der Waals surface area contributed by atoms with Crippen molar-refractivity contribution in [3.63, 3.8) is 0 Å². The molecule has 0 saturated heterocycles. The van der Waals surface area contributed by atoms with Crippen LogP contribution in [0.3, 0.4) is 0 Å². The molecule has 0 spiro atoms. The summed E-state index contributed by atoms with van der Waals surface area (Å²) in [5.74, 6) is -0.491. The zero-order valence-electron chi connectivity index (χ0n) is 14.6. The van der Waals surface area contributed by atoms with Crippen LogP contribution in [0.5, 0.6) is 5.75 Å². The Labute approximate surface area is 155 Å². The molecule has 6 nitrogen and oxygen atoms in total. The van der Waals surface area contributed by atoms with Gasteiger partial charge in [-0.15, -0.1) is 0 Å². The molecule has 0 heterocycles. The number of carbonyl (C=O) groups excluding carboxylic acids is 2. The summed E-state index contributed by atoms with van der Waals surface area (Å²) in [5.41, 5.74) is 1.05. The fraction of sp³-hybridized carbons (Fsp3) is 0.0952. The third kappa shape index (κ3) is 3.88. The Morgan fingerprint density at radius 3 is 2.44 bits per heavy atom. The summed E-state index contributed by atoms with van der Waals surface area (Å²) in [6.45, 7) is -0.459. The largest absolute Gasteiger partial charge is 0.496 e. The molecule has 1 N–H and O–H groups in total. The lowest BCUT2D eigenvalue weighted by molar-refractivity contribution is -0.119. The maximum atomic E-state index is 12.4. The molecule has 0 aliphatic rings. The normalized spacial score (nSPS) is 10.1. The highest BCUT2D eigenvalue weighted by atomic mass is 16.5. The van der Waals surface area contributed by atoms with E-state index in [1.165, 1.54) is 0 Å². The van der Waals surface area contributed by atoms with Crippen LogP contribution >= 0.6 is 0 Å². The average Bonchev–Trinajstić information content (AvgIpc) is 2.71.